The third kappa shape index (κ3) is 4.08. The molecule has 0 aliphatic carbocycles. The Morgan fingerprint density at radius 1 is 1.41 bits per heavy atom. The molecule has 2 aliphatic heterocycles. The smallest absolute Gasteiger partial charge is 0.290 e. The predicted molar refractivity (Wildman–Crippen MR) is 121 cm³/mol. The molecular weight excluding hydrogens is 428 g/mol. The molecule has 4 rings (SSSR count). The number of rotatable bonds is 8. The number of hydrogen-bond acceptors (Lipinski definition) is 7. The molecule has 2 atom stereocenters. The van der Waals surface area contributed by atoms with Gasteiger partial charge in [0.1, 0.15) is 12.4 Å². The molecule has 168 valence electrons. The lowest BCUT2D eigenvalue weighted by molar-refractivity contribution is -0.131. The summed E-state index contributed by atoms with van der Waals surface area (Å²) in [5.74, 6) is -0.967. The number of benzene rings is 1. The van der Waals surface area contributed by atoms with E-state index in [4.69, 9.17) is 9.47 Å². The van der Waals surface area contributed by atoms with Gasteiger partial charge in [-0.3, -0.25) is 9.59 Å². The Kier molecular flexibility index (Phi) is 6.43. The molecule has 0 bridgehead atoms. The summed E-state index contributed by atoms with van der Waals surface area (Å²) in [6.07, 6.45) is 3.23. The van der Waals surface area contributed by atoms with Crippen molar-refractivity contribution in [3.8, 4) is 5.75 Å². The number of nitrogens with zero attached hydrogens (tertiary/aromatic N) is 2. The summed E-state index contributed by atoms with van der Waals surface area (Å²) in [4.78, 5) is 33.1. The van der Waals surface area contributed by atoms with Gasteiger partial charge in [-0.25, -0.2) is 4.98 Å². The number of aromatic nitrogens is 1. The van der Waals surface area contributed by atoms with Gasteiger partial charge in [0.2, 0.25) is 5.78 Å². The number of ether oxygens (including phenoxy) is 2. The summed E-state index contributed by atoms with van der Waals surface area (Å²) in [6, 6.07) is 6.46. The largest absolute Gasteiger partial charge is 0.503 e. The highest BCUT2D eigenvalue weighted by molar-refractivity contribution is 7.14. The molecule has 32 heavy (non-hydrogen) atoms. The standard InChI is InChI=1S/C24H26N2O5S/c1-4-11-31-18-10-6-5-9-17(18)20-19(21(27)23-14(2)25-15(3)32-23)22(28)24(29)26(20)13-16-8-7-12-30-16/h4-6,9-10,16,20,28H,1,7-8,11-13H2,2-3H3. The zero-order chi connectivity index (χ0) is 22.8. The molecule has 1 fully saturated rings. The minimum absolute atomic E-state index is 0.0504. The Balaban J connectivity index is 1.81. The van der Waals surface area contributed by atoms with Gasteiger partial charge in [0.25, 0.3) is 5.91 Å². The van der Waals surface area contributed by atoms with Crippen LogP contribution >= 0.6 is 11.3 Å². The highest BCUT2D eigenvalue weighted by atomic mass is 32.1. The number of thiazole rings is 1. The number of aliphatic hydroxyl groups is 1. The second-order valence-corrected chi connectivity index (χ2v) is 9.07. The molecule has 1 saturated heterocycles. The van der Waals surface area contributed by atoms with Crippen LogP contribution in [0.2, 0.25) is 0 Å². The zero-order valence-corrected chi connectivity index (χ0v) is 19.0. The molecule has 0 spiro atoms. The van der Waals surface area contributed by atoms with Gasteiger partial charge in [-0.2, -0.15) is 0 Å². The maximum absolute atomic E-state index is 13.6. The highest BCUT2D eigenvalue weighted by Gasteiger charge is 2.46. The Morgan fingerprint density at radius 2 is 2.19 bits per heavy atom. The molecule has 1 aromatic carbocycles. The Labute approximate surface area is 191 Å². The third-order valence-electron chi connectivity index (χ3n) is 5.65. The molecule has 7 nitrogen and oxygen atoms in total. The SMILES string of the molecule is C=CCOc1ccccc1C1C(C(=O)c2sc(C)nc2C)=C(O)C(=O)N1CC1CCCO1. The predicted octanol–water partition coefficient (Wildman–Crippen LogP) is 4.08. The molecular formula is C24H26N2O5S. The van der Waals surface area contributed by atoms with E-state index in [1.165, 1.54) is 16.2 Å². The number of amides is 1. The summed E-state index contributed by atoms with van der Waals surface area (Å²) in [6.45, 7) is 8.46. The average Bonchev–Trinajstić information content (AvgIpc) is 3.47. The van der Waals surface area contributed by atoms with E-state index in [0.29, 0.717) is 28.5 Å². The van der Waals surface area contributed by atoms with E-state index in [1.54, 1.807) is 19.1 Å². The number of hydrogen-bond donors (Lipinski definition) is 1. The Bertz CT molecular complexity index is 1080. The van der Waals surface area contributed by atoms with E-state index >= 15 is 0 Å². The van der Waals surface area contributed by atoms with Crippen molar-refractivity contribution >= 4 is 23.0 Å². The lowest BCUT2D eigenvalue weighted by Gasteiger charge is -2.29. The van der Waals surface area contributed by atoms with Crippen LogP contribution < -0.4 is 4.74 Å². The number of aliphatic hydroxyl groups excluding tert-OH is 1. The molecule has 1 aromatic heterocycles. The maximum Gasteiger partial charge on any atom is 0.290 e. The number of carbonyl (C=O) groups excluding carboxylic acids is 2. The molecule has 2 aliphatic rings. The fourth-order valence-electron chi connectivity index (χ4n) is 4.26. The fraction of sp³-hybridized carbons (Fsp3) is 0.375. The van der Waals surface area contributed by atoms with Crippen LogP contribution in [0.25, 0.3) is 0 Å². The van der Waals surface area contributed by atoms with Gasteiger partial charge in [0.05, 0.1) is 33.3 Å². The minimum atomic E-state index is -0.790. The number of carbonyl (C=O) groups is 2. The first-order valence-electron chi connectivity index (χ1n) is 10.6. The van der Waals surface area contributed by atoms with Crippen LogP contribution in [-0.2, 0) is 9.53 Å². The second-order valence-electron chi connectivity index (χ2n) is 7.87. The fourth-order valence-corrected chi connectivity index (χ4v) is 5.13. The van der Waals surface area contributed by atoms with Gasteiger partial charge in [-0.05, 0) is 32.8 Å². The zero-order valence-electron chi connectivity index (χ0n) is 18.2. The van der Waals surface area contributed by atoms with Crippen molar-refractivity contribution < 1.29 is 24.2 Å². The first-order chi connectivity index (χ1) is 15.4. The normalized spacial score (nSPS) is 20.8. The van der Waals surface area contributed by atoms with Crippen molar-refractivity contribution in [1.29, 1.82) is 0 Å². The average molecular weight is 455 g/mol. The number of Topliss-reactive ketones (excluding diaryl/α,β-unsaturated/α-hetero) is 1. The lowest BCUT2D eigenvalue weighted by Crippen LogP contribution is -2.37. The van der Waals surface area contributed by atoms with Crippen LogP contribution in [0, 0.1) is 13.8 Å². The van der Waals surface area contributed by atoms with Gasteiger partial charge in [0, 0.05) is 18.7 Å². The topological polar surface area (TPSA) is 89.0 Å². The van der Waals surface area contributed by atoms with Crippen molar-refractivity contribution in [3.63, 3.8) is 0 Å². The lowest BCUT2D eigenvalue weighted by atomic mass is 9.94. The van der Waals surface area contributed by atoms with Crippen molar-refractivity contribution in [2.75, 3.05) is 19.8 Å². The number of ketones is 1. The third-order valence-corrected chi connectivity index (χ3v) is 6.72. The molecule has 1 amide bonds. The summed E-state index contributed by atoms with van der Waals surface area (Å²) >= 11 is 1.26. The molecule has 0 radical (unpaired) electrons. The summed E-state index contributed by atoms with van der Waals surface area (Å²) < 4.78 is 11.6. The van der Waals surface area contributed by atoms with Gasteiger partial charge in [0.15, 0.2) is 5.76 Å². The molecule has 0 saturated carbocycles. The van der Waals surface area contributed by atoms with E-state index in [2.05, 4.69) is 11.6 Å². The van der Waals surface area contributed by atoms with Crippen LogP contribution in [0.5, 0.6) is 5.75 Å². The van der Waals surface area contributed by atoms with Crippen LogP contribution in [-0.4, -0.2) is 52.5 Å². The minimum Gasteiger partial charge on any atom is -0.503 e. The molecule has 2 unspecified atom stereocenters. The molecule has 8 heteroatoms. The van der Waals surface area contributed by atoms with Crippen molar-refractivity contribution in [3.05, 3.63) is 69.4 Å². The van der Waals surface area contributed by atoms with Gasteiger partial charge in [-0.15, -0.1) is 11.3 Å². The van der Waals surface area contributed by atoms with E-state index in [9.17, 15) is 14.7 Å². The first kappa shape index (κ1) is 22.2. The molecule has 1 N–H and O–H groups in total. The first-order valence-corrected chi connectivity index (χ1v) is 11.4. The van der Waals surface area contributed by atoms with Crippen LogP contribution in [0.3, 0.4) is 0 Å². The van der Waals surface area contributed by atoms with Crippen molar-refractivity contribution in [1.82, 2.24) is 9.88 Å². The maximum atomic E-state index is 13.6. The van der Waals surface area contributed by atoms with Crippen molar-refractivity contribution in [2.24, 2.45) is 0 Å². The number of para-hydroxylation sites is 1. The molecule has 3 heterocycles. The molecule has 2 aromatic rings. The van der Waals surface area contributed by atoms with E-state index in [0.717, 1.165) is 17.8 Å². The monoisotopic (exact) mass is 454 g/mol. The number of aryl methyl sites for hydroxylation is 2. The second kappa shape index (κ2) is 9.26. The summed E-state index contributed by atoms with van der Waals surface area (Å²) in [7, 11) is 0. The van der Waals surface area contributed by atoms with E-state index in [1.807, 2.05) is 25.1 Å². The highest BCUT2D eigenvalue weighted by Crippen LogP contribution is 2.43. The van der Waals surface area contributed by atoms with Gasteiger partial charge < -0.3 is 19.5 Å². The Hall–Kier alpha value is -2.97. The van der Waals surface area contributed by atoms with E-state index in [-0.39, 0.29) is 24.8 Å². The van der Waals surface area contributed by atoms with Gasteiger partial charge >= 0.3 is 0 Å². The van der Waals surface area contributed by atoms with Crippen LogP contribution in [0.15, 0.2) is 48.3 Å². The summed E-state index contributed by atoms with van der Waals surface area (Å²) in [5.41, 5.74) is 1.26. The quantitative estimate of drug-likeness (QED) is 0.478. The Morgan fingerprint density at radius 3 is 2.84 bits per heavy atom. The van der Waals surface area contributed by atoms with Crippen LogP contribution in [0.4, 0.5) is 0 Å². The van der Waals surface area contributed by atoms with Crippen LogP contribution in [0.1, 0.15) is 44.8 Å². The van der Waals surface area contributed by atoms with E-state index < -0.39 is 23.5 Å². The van der Waals surface area contributed by atoms with Crippen molar-refractivity contribution in [2.45, 2.75) is 38.8 Å². The van der Waals surface area contributed by atoms with Gasteiger partial charge in [-0.1, -0.05) is 30.9 Å². The summed E-state index contributed by atoms with van der Waals surface area (Å²) in [5, 5.41) is 11.6.